The lowest BCUT2D eigenvalue weighted by molar-refractivity contribution is -0.145. The van der Waals surface area contributed by atoms with Crippen LogP contribution in [0.1, 0.15) is 12.8 Å². The van der Waals surface area contributed by atoms with Gasteiger partial charge in [-0.1, -0.05) is 0 Å². The van der Waals surface area contributed by atoms with Crippen LogP contribution in [0.2, 0.25) is 0 Å². The van der Waals surface area contributed by atoms with E-state index in [4.69, 9.17) is 25.1 Å². The highest BCUT2D eigenvalue weighted by molar-refractivity contribution is 7.46. The molecule has 176 valence electrons. The van der Waals surface area contributed by atoms with E-state index in [2.05, 4.69) is 21.3 Å². The van der Waals surface area contributed by atoms with Crippen molar-refractivity contribution >= 4 is 49.8 Å². The fraction of sp³-hybridized carbons (Fsp3) is 0.364. The Morgan fingerprint density at radius 2 is 1.65 bits per heavy atom. The first-order chi connectivity index (χ1) is 13.9. The second kappa shape index (κ2) is 13.3. The standard InChI is InChI=1S/C5H8N2O5.C5H6N2O4.CH4NO5P/c6-5(12)7-2(4(10)11)1-3(8)9;8-3-1-2(4(9)10)6-5(11)7-3;2-1(3)7-8(4,5)6/h2H,1H2,(H,8,9)(H,10,11)(H3,6,7,12);2H,1H2,(H,9,10)(H2,6,7,8,11);(H2,2,3)(H2,4,5,6)/t2-;;/m0../s1. The average Bonchev–Trinajstić information content (AvgIpc) is 2.51. The van der Waals surface area contributed by atoms with Gasteiger partial charge in [-0.3, -0.25) is 24.7 Å². The van der Waals surface area contributed by atoms with E-state index in [0.29, 0.717) is 0 Å². The van der Waals surface area contributed by atoms with Gasteiger partial charge >= 0.3 is 43.9 Å². The van der Waals surface area contributed by atoms with Gasteiger partial charge in [-0.25, -0.2) is 28.5 Å². The number of hydrogen-bond acceptors (Lipinski definition) is 9. The summed E-state index contributed by atoms with van der Waals surface area (Å²) in [6.07, 6.45) is -2.39. The molecule has 31 heavy (non-hydrogen) atoms. The van der Waals surface area contributed by atoms with Crippen molar-refractivity contribution in [2.24, 2.45) is 11.5 Å². The molecule has 0 aromatic carbocycles. The molecule has 1 saturated heterocycles. The van der Waals surface area contributed by atoms with Crippen LogP contribution in [-0.4, -0.2) is 79.2 Å². The Hall–Kier alpha value is -3.96. The molecule has 0 aliphatic carbocycles. The molecule has 0 radical (unpaired) electrons. The number of amides is 6. The number of carbonyl (C=O) groups is 7. The third-order valence-corrected chi connectivity index (χ3v) is 2.87. The third kappa shape index (κ3) is 17.8. The quantitative estimate of drug-likeness (QED) is 0.166. The molecule has 0 bridgehead atoms. The van der Waals surface area contributed by atoms with Gasteiger partial charge in [-0.15, -0.1) is 0 Å². The van der Waals surface area contributed by atoms with Gasteiger partial charge in [0.2, 0.25) is 5.91 Å². The lowest BCUT2D eigenvalue weighted by Gasteiger charge is -2.18. The zero-order valence-corrected chi connectivity index (χ0v) is 16.0. The van der Waals surface area contributed by atoms with E-state index in [9.17, 15) is 38.1 Å². The SMILES string of the molecule is NC(=O)N[C@@H](CC(=O)O)C(=O)O.NC(=O)OP(=O)(O)O.O=C1CC(C(=O)O)NC(=O)N1. The van der Waals surface area contributed by atoms with Crippen molar-refractivity contribution in [1.29, 1.82) is 0 Å². The molecule has 1 fully saturated rings. The minimum absolute atomic E-state index is 0.207. The monoisotopic (exact) mass is 475 g/mol. The lowest BCUT2D eigenvalue weighted by Crippen LogP contribution is -2.55. The number of nitrogens with one attached hydrogen (secondary N) is 3. The van der Waals surface area contributed by atoms with Crippen LogP contribution in [0.3, 0.4) is 0 Å². The highest BCUT2D eigenvalue weighted by atomic mass is 31.2. The first-order valence-corrected chi connectivity index (χ1v) is 8.85. The zero-order valence-electron chi connectivity index (χ0n) is 15.1. The second-order valence-corrected chi connectivity index (χ2v) is 6.18. The number of imide groups is 1. The van der Waals surface area contributed by atoms with Gasteiger partial charge in [-0.2, -0.15) is 0 Å². The first kappa shape index (κ1) is 29.2. The highest BCUT2D eigenvalue weighted by Gasteiger charge is 2.28. The molecule has 0 aromatic heterocycles. The number of nitrogens with two attached hydrogens (primary N) is 2. The van der Waals surface area contributed by atoms with E-state index in [1.54, 1.807) is 5.32 Å². The molecule has 0 spiro atoms. The smallest absolute Gasteiger partial charge is 0.481 e. The molecule has 6 amide bonds. The Bertz CT molecular complexity index is 747. The van der Waals surface area contributed by atoms with E-state index in [1.165, 1.54) is 0 Å². The van der Waals surface area contributed by atoms with Crippen molar-refractivity contribution in [3.63, 3.8) is 0 Å². The molecule has 2 atom stereocenters. The van der Waals surface area contributed by atoms with E-state index >= 15 is 0 Å². The number of aliphatic carboxylic acids is 3. The molecular formula is C11H18N5O14P. The Morgan fingerprint density at radius 3 is 1.90 bits per heavy atom. The predicted octanol–water partition coefficient (Wildman–Crippen LogP) is -3.57. The van der Waals surface area contributed by atoms with Crippen LogP contribution in [-0.2, 0) is 28.3 Å². The number of carboxylic acid groups (broad SMARTS) is 3. The van der Waals surface area contributed by atoms with Crippen molar-refractivity contribution < 1.29 is 67.8 Å². The zero-order chi connectivity index (χ0) is 24.9. The van der Waals surface area contributed by atoms with Crippen LogP contribution >= 0.6 is 7.82 Å². The summed E-state index contributed by atoms with van der Waals surface area (Å²) in [6, 6.07) is -4.38. The summed E-state index contributed by atoms with van der Waals surface area (Å²) in [4.78, 5) is 86.8. The van der Waals surface area contributed by atoms with Gasteiger partial charge in [0.25, 0.3) is 0 Å². The van der Waals surface area contributed by atoms with Gasteiger partial charge < -0.3 is 41.9 Å². The maximum Gasteiger partial charge on any atom is 0.528 e. The molecule has 0 aromatic rings. The molecule has 1 unspecified atom stereocenters. The molecule has 1 aliphatic rings. The molecule has 19 nitrogen and oxygen atoms in total. The summed E-state index contributed by atoms with van der Waals surface area (Å²) in [5.41, 5.74) is 8.83. The number of urea groups is 2. The van der Waals surface area contributed by atoms with Crippen LogP contribution in [0.5, 0.6) is 0 Å². The number of phosphoric acid groups is 1. The van der Waals surface area contributed by atoms with Gasteiger partial charge in [0, 0.05) is 0 Å². The Balaban J connectivity index is 0. The van der Waals surface area contributed by atoms with Crippen LogP contribution < -0.4 is 27.4 Å². The Kier molecular flexibility index (Phi) is 12.5. The minimum atomic E-state index is -4.70. The third-order valence-electron chi connectivity index (χ3n) is 2.45. The molecule has 0 saturated carbocycles. The summed E-state index contributed by atoms with van der Waals surface area (Å²) in [6.45, 7) is 0. The van der Waals surface area contributed by atoms with Crippen molar-refractivity contribution in [3.8, 4) is 0 Å². The lowest BCUT2D eigenvalue weighted by atomic mass is 10.2. The molecule has 1 heterocycles. The number of hydrogen-bond donors (Lipinski definition) is 10. The van der Waals surface area contributed by atoms with Gasteiger partial charge in [0.05, 0.1) is 12.8 Å². The largest absolute Gasteiger partial charge is 0.528 e. The van der Waals surface area contributed by atoms with Crippen LogP contribution in [0, 0.1) is 0 Å². The Labute approximate surface area is 170 Å². The summed E-state index contributed by atoms with van der Waals surface area (Å²) in [5.74, 6) is -4.53. The van der Waals surface area contributed by atoms with Crippen LogP contribution in [0.15, 0.2) is 0 Å². The fourth-order valence-electron chi connectivity index (χ4n) is 1.42. The van der Waals surface area contributed by atoms with Crippen LogP contribution in [0.25, 0.3) is 0 Å². The van der Waals surface area contributed by atoms with E-state index in [0.717, 1.165) is 0 Å². The topological polar surface area (TPSA) is 335 Å². The summed E-state index contributed by atoms with van der Waals surface area (Å²) < 4.78 is 12.9. The van der Waals surface area contributed by atoms with Gasteiger partial charge in [0.1, 0.15) is 12.1 Å². The van der Waals surface area contributed by atoms with E-state index < -0.39 is 68.3 Å². The molecule has 12 N–H and O–H groups in total. The van der Waals surface area contributed by atoms with Crippen molar-refractivity contribution in [2.75, 3.05) is 0 Å². The summed E-state index contributed by atoms with van der Waals surface area (Å²) >= 11 is 0. The molecule has 1 rings (SSSR count). The van der Waals surface area contributed by atoms with Gasteiger partial charge in [0.15, 0.2) is 0 Å². The summed E-state index contributed by atoms with van der Waals surface area (Å²) in [5, 5.41) is 30.7. The highest BCUT2D eigenvalue weighted by Crippen LogP contribution is 2.35. The fourth-order valence-corrected chi connectivity index (χ4v) is 1.66. The maximum absolute atomic E-state index is 10.6. The van der Waals surface area contributed by atoms with Crippen molar-refractivity contribution in [3.05, 3.63) is 0 Å². The van der Waals surface area contributed by atoms with Crippen molar-refractivity contribution in [2.45, 2.75) is 24.9 Å². The number of carboxylic acids is 3. The maximum atomic E-state index is 10.6. The number of carbonyl (C=O) groups excluding carboxylic acids is 4. The molecule has 1 aliphatic heterocycles. The number of primary amides is 2. The van der Waals surface area contributed by atoms with E-state index in [-0.39, 0.29) is 6.42 Å². The average molecular weight is 475 g/mol. The normalized spacial score (nSPS) is 15.7. The Morgan fingerprint density at radius 1 is 1.13 bits per heavy atom. The minimum Gasteiger partial charge on any atom is -0.481 e. The molecular weight excluding hydrogens is 457 g/mol. The van der Waals surface area contributed by atoms with Gasteiger partial charge in [-0.05, 0) is 0 Å². The van der Waals surface area contributed by atoms with Crippen LogP contribution in [0.4, 0.5) is 14.4 Å². The number of rotatable bonds is 6. The predicted molar refractivity (Wildman–Crippen MR) is 91.8 cm³/mol. The summed E-state index contributed by atoms with van der Waals surface area (Å²) in [7, 11) is -4.70. The second-order valence-electron chi connectivity index (χ2n) is 5.01. The number of phosphoric ester groups is 1. The molecule has 20 heteroatoms. The van der Waals surface area contributed by atoms with Crippen molar-refractivity contribution in [1.82, 2.24) is 16.0 Å². The van der Waals surface area contributed by atoms with E-state index in [1.807, 2.05) is 5.32 Å². The first-order valence-electron chi connectivity index (χ1n) is 7.32.